The van der Waals surface area contributed by atoms with Gasteiger partial charge >= 0.3 is 0 Å². The van der Waals surface area contributed by atoms with Crippen LogP contribution >= 0.6 is 0 Å². The predicted octanol–water partition coefficient (Wildman–Crippen LogP) is 4.33. The number of aromatic nitrogens is 1. The summed E-state index contributed by atoms with van der Waals surface area (Å²) in [6.45, 7) is 5.44. The Kier molecular flexibility index (Phi) is 4.16. The van der Waals surface area contributed by atoms with E-state index in [4.69, 9.17) is 0 Å². The minimum atomic E-state index is 0.537. The summed E-state index contributed by atoms with van der Waals surface area (Å²) in [7, 11) is 2.07. The van der Waals surface area contributed by atoms with Crippen molar-refractivity contribution in [2.75, 3.05) is 7.05 Å². The molecule has 0 spiro atoms. The van der Waals surface area contributed by atoms with E-state index in [0.29, 0.717) is 12.0 Å². The van der Waals surface area contributed by atoms with Gasteiger partial charge in [0.1, 0.15) is 0 Å². The molecule has 1 aromatic carbocycles. The Labute approximate surface area is 128 Å². The minimum Gasteiger partial charge on any atom is -0.350 e. The standard InChI is InChI=1S/C19H26N2/c1-14(2)16-6-4-15(5-7-16)12-21-11-10-18(13-21)19(20-3)17-8-9-17/h4-7,10-11,13-14,17,19-20H,8-9,12H2,1-3H3. The number of hydrogen-bond acceptors (Lipinski definition) is 1. The largest absolute Gasteiger partial charge is 0.350 e. The zero-order valence-corrected chi connectivity index (χ0v) is 13.3. The molecule has 112 valence electrons. The van der Waals surface area contributed by atoms with Crippen molar-refractivity contribution in [2.45, 2.75) is 45.2 Å². The van der Waals surface area contributed by atoms with Crippen molar-refractivity contribution in [1.29, 1.82) is 0 Å². The smallest absolute Gasteiger partial charge is 0.0470 e. The number of benzene rings is 1. The van der Waals surface area contributed by atoms with Gasteiger partial charge in [-0.25, -0.2) is 0 Å². The molecule has 0 amide bonds. The van der Waals surface area contributed by atoms with Gasteiger partial charge in [-0.15, -0.1) is 0 Å². The van der Waals surface area contributed by atoms with Gasteiger partial charge < -0.3 is 9.88 Å². The van der Waals surface area contributed by atoms with Crippen molar-refractivity contribution >= 4 is 0 Å². The molecule has 3 rings (SSSR count). The summed E-state index contributed by atoms with van der Waals surface area (Å²) in [5.74, 6) is 1.45. The van der Waals surface area contributed by atoms with E-state index in [0.717, 1.165) is 12.5 Å². The molecule has 0 saturated heterocycles. The fourth-order valence-corrected chi connectivity index (χ4v) is 3.06. The van der Waals surface area contributed by atoms with Crippen LogP contribution in [0.2, 0.25) is 0 Å². The third-order valence-corrected chi connectivity index (χ3v) is 4.55. The molecule has 1 aromatic heterocycles. The van der Waals surface area contributed by atoms with E-state index in [1.165, 1.54) is 29.5 Å². The molecule has 1 saturated carbocycles. The zero-order valence-electron chi connectivity index (χ0n) is 13.3. The highest BCUT2D eigenvalue weighted by molar-refractivity contribution is 5.26. The highest BCUT2D eigenvalue weighted by atomic mass is 15.0. The first-order valence-electron chi connectivity index (χ1n) is 8.09. The monoisotopic (exact) mass is 282 g/mol. The van der Waals surface area contributed by atoms with Crippen LogP contribution < -0.4 is 5.32 Å². The summed E-state index contributed by atoms with van der Waals surface area (Å²) in [4.78, 5) is 0. The molecular weight excluding hydrogens is 256 g/mol. The van der Waals surface area contributed by atoms with Crippen LogP contribution in [-0.4, -0.2) is 11.6 Å². The van der Waals surface area contributed by atoms with Crippen LogP contribution in [0.4, 0.5) is 0 Å². The number of nitrogens with one attached hydrogen (secondary N) is 1. The SMILES string of the molecule is CNC(c1ccn(Cc2ccc(C(C)C)cc2)c1)C1CC1. The molecule has 0 radical (unpaired) electrons. The lowest BCUT2D eigenvalue weighted by Crippen LogP contribution is -2.17. The van der Waals surface area contributed by atoms with Gasteiger partial charge in [0.15, 0.2) is 0 Å². The molecule has 1 N–H and O–H groups in total. The highest BCUT2D eigenvalue weighted by Crippen LogP contribution is 2.40. The molecule has 1 aliphatic carbocycles. The van der Waals surface area contributed by atoms with Gasteiger partial charge in [0.2, 0.25) is 0 Å². The number of hydrogen-bond donors (Lipinski definition) is 1. The summed E-state index contributed by atoms with van der Waals surface area (Å²) in [5, 5.41) is 3.46. The lowest BCUT2D eigenvalue weighted by molar-refractivity contribution is 0.528. The number of rotatable bonds is 6. The topological polar surface area (TPSA) is 17.0 Å². The van der Waals surface area contributed by atoms with Crippen molar-refractivity contribution < 1.29 is 0 Å². The summed E-state index contributed by atoms with van der Waals surface area (Å²) in [5.41, 5.74) is 4.21. The second kappa shape index (κ2) is 6.07. The Morgan fingerprint density at radius 2 is 1.81 bits per heavy atom. The van der Waals surface area contributed by atoms with E-state index >= 15 is 0 Å². The van der Waals surface area contributed by atoms with Crippen LogP contribution in [0.3, 0.4) is 0 Å². The van der Waals surface area contributed by atoms with Crippen LogP contribution in [-0.2, 0) is 6.54 Å². The first-order valence-corrected chi connectivity index (χ1v) is 8.09. The van der Waals surface area contributed by atoms with E-state index in [2.05, 4.69) is 73.5 Å². The zero-order chi connectivity index (χ0) is 14.8. The van der Waals surface area contributed by atoms with Crippen molar-refractivity contribution in [2.24, 2.45) is 5.92 Å². The maximum atomic E-state index is 3.46. The molecule has 2 aromatic rings. The van der Waals surface area contributed by atoms with Gasteiger partial charge in [-0.05, 0) is 54.5 Å². The summed E-state index contributed by atoms with van der Waals surface area (Å²) < 4.78 is 2.30. The Balaban J connectivity index is 1.69. The van der Waals surface area contributed by atoms with Gasteiger partial charge in [0.25, 0.3) is 0 Å². The van der Waals surface area contributed by atoms with E-state index < -0.39 is 0 Å². The fraction of sp³-hybridized carbons (Fsp3) is 0.474. The Bertz CT molecular complexity index is 576. The van der Waals surface area contributed by atoms with Crippen molar-refractivity contribution in [3.63, 3.8) is 0 Å². The average Bonchev–Trinajstić information content (AvgIpc) is 3.21. The molecule has 0 aliphatic heterocycles. The van der Waals surface area contributed by atoms with E-state index in [9.17, 15) is 0 Å². The molecule has 2 heteroatoms. The Morgan fingerprint density at radius 3 is 2.38 bits per heavy atom. The second-order valence-electron chi connectivity index (χ2n) is 6.62. The molecule has 1 fully saturated rings. The maximum Gasteiger partial charge on any atom is 0.0470 e. The summed E-state index contributed by atoms with van der Waals surface area (Å²) in [6, 6.07) is 11.8. The third-order valence-electron chi connectivity index (χ3n) is 4.55. The first kappa shape index (κ1) is 14.4. The second-order valence-corrected chi connectivity index (χ2v) is 6.62. The van der Waals surface area contributed by atoms with Crippen LogP contribution in [0.25, 0.3) is 0 Å². The van der Waals surface area contributed by atoms with Gasteiger partial charge in [0.05, 0.1) is 0 Å². The maximum absolute atomic E-state index is 3.46. The quantitative estimate of drug-likeness (QED) is 0.834. The predicted molar refractivity (Wildman–Crippen MR) is 88.6 cm³/mol. The molecule has 21 heavy (non-hydrogen) atoms. The molecule has 1 aliphatic rings. The van der Waals surface area contributed by atoms with Crippen LogP contribution in [0.15, 0.2) is 42.7 Å². The molecule has 1 unspecified atom stereocenters. The summed E-state index contributed by atoms with van der Waals surface area (Å²) in [6.07, 6.45) is 7.24. The van der Waals surface area contributed by atoms with Crippen molar-refractivity contribution in [1.82, 2.24) is 9.88 Å². The molecule has 1 heterocycles. The molecule has 1 atom stereocenters. The number of nitrogens with zero attached hydrogens (tertiary/aromatic N) is 1. The van der Waals surface area contributed by atoms with Crippen LogP contribution in [0.1, 0.15) is 55.3 Å². The Hall–Kier alpha value is -1.54. The van der Waals surface area contributed by atoms with Gasteiger partial charge in [-0.1, -0.05) is 38.1 Å². The van der Waals surface area contributed by atoms with E-state index in [1.807, 2.05) is 0 Å². The minimum absolute atomic E-state index is 0.537. The first-order chi connectivity index (χ1) is 10.2. The molecule has 0 bridgehead atoms. The van der Waals surface area contributed by atoms with E-state index in [1.54, 1.807) is 0 Å². The molecular formula is C19H26N2. The van der Waals surface area contributed by atoms with Crippen LogP contribution in [0.5, 0.6) is 0 Å². The van der Waals surface area contributed by atoms with Gasteiger partial charge in [-0.2, -0.15) is 0 Å². The normalized spacial score (nSPS) is 16.4. The third kappa shape index (κ3) is 3.38. The fourth-order valence-electron chi connectivity index (χ4n) is 3.06. The van der Waals surface area contributed by atoms with Crippen molar-refractivity contribution in [3.05, 3.63) is 59.4 Å². The highest BCUT2D eigenvalue weighted by Gasteiger charge is 2.31. The average molecular weight is 282 g/mol. The van der Waals surface area contributed by atoms with Crippen molar-refractivity contribution in [3.8, 4) is 0 Å². The lowest BCUT2D eigenvalue weighted by atomic mass is 10.0. The van der Waals surface area contributed by atoms with Gasteiger partial charge in [-0.3, -0.25) is 0 Å². The Morgan fingerprint density at radius 1 is 1.10 bits per heavy atom. The van der Waals surface area contributed by atoms with Gasteiger partial charge in [0, 0.05) is 25.0 Å². The van der Waals surface area contributed by atoms with E-state index in [-0.39, 0.29) is 0 Å². The van der Waals surface area contributed by atoms with Crippen LogP contribution in [0, 0.1) is 5.92 Å². The molecule has 2 nitrogen and oxygen atoms in total. The summed E-state index contributed by atoms with van der Waals surface area (Å²) >= 11 is 0. The lowest BCUT2D eigenvalue weighted by Gasteiger charge is -2.13.